The highest BCUT2D eigenvalue weighted by Gasteiger charge is 2.28. The van der Waals surface area contributed by atoms with Crippen LogP contribution in [0.4, 0.5) is 10.1 Å². The number of anilines is 1. The van der Waals surface area contributed by atoms with Crippen LogP contribution in [0.2, 0.25) is 0 Å². The maximum Gasteiger partial charge on any atom is 0.243 e. The number of fused-ring (bicyclic) bond motifs is 2. The highest BCUT2D eigenvalue weighted by Crippen LogP contribution is 2.34. The van der Waals surface area contributed by atoms with Crippen molar-refractivity contribution in [2.24, 2.45) is 5.92 Å². The summed E-state index contributed by atoms with van der Waals surface area (Å²) >= 11 is 0. The molecule has 2 N–H and O–H groups in total. The minimum absolute atomic E-state index is 0.0848. The van der Waals surface area contributed by atoms with Gasteiger partial charge in [0.25, 0.3) is 0 Å². The van der Waals surface area contributed by atoms with E-state index in [0.29, 0.717) is 54.8 Å². The molecule has 176 valence electrons. The van der Waals surface area contributed by atoms with E-state index in [4.69, 9.17) is 4.74 Å². The molecule has 1 saturated heterocycles. The first-order valence-electron chi connectivity index (χ1n) is 11.8. The Balaban J connectivity index is 1.43. The second-order valence-electron chi connectivity index (χ2n) is 9.18. The lowest BCUT2D eigenvalue weighted by atomic mass is 9.85. The summed E-state index contributed by atoms with van der Waals surface area (Å²) < 4.78 is 20.5. The van der Waals surface area contributed by atoms with Crippen LogP contribution in [-0.2, 0) is 22.4 Å². The number of nitrogens with zero attached hydrogens (tertiary/aromatic N) is 4. The van der Waals surface area contributed by atoms with E-state index >= 15 is 4.39 Å². The van der Waals surface area contributed by atoms with Gasteiger partial charge in [-0.1, -0.05) is 13.3 Å². The van der Waals surface area contributed by atoms with Crippen LogP contribution in [0.25, 0.3) is 22.6 Å². The lowest BCUT2D eigenvalue weighted by Gasteiger charge is -2.33. The zero-order valence-electron chi connectivity index (χ0n) is 19.4. The van der Waals surface area contributed by atoms with Gasteiger partial charge < -0.3 is 14.6 Å². The van der Waals surface area contributed by atoms with Crippen LogP contribution in [0, 0.1) is 11.7 Å². The fraction of sp³-hybridized carbons (Fsp3) is 0.542. The monoisotopic (exact) mass is 454 g/mol. The number of H-pyrrole nitrogens is 2. The van der Waals surface area contributed by atoms with Crippen molar-refractivity contribution in [3.63, 3.8) is 0 Å². The summed E-state index contributed by atoms with van der Waals surface area (Å²) in [6.45, 7) is 6.76. The standard InChI is InChI=1S/C24H31FN6O2/c1-4-15-5-6-19-17(11-15)21(29-28-19)23-26-20-13-16(12-18(25)22(20)27-23)30(3)24(32)14(2)31-7-9-33-10-8-31/h12-15H,4-11H2,1-3H3,(H,26,27)(H,28,29)/t14-,15-/m0/s1. The predicted molar refractivity (Wildman–Crippen MR) is 125 cm³/mol. The van der Waals surface area contributed by atoms with E-state index in [1.54, 1.807) is 13.1 Å². The van der Waals surface area contributed by atoms with Gasteiger partial charge in [0.05, 0.1) is 24.8 Å². The summed E-state index contributed by atoms with van der Waals surface area (Å²) in [5, 5.41) is 7.65. The van der Waals surface area contributed by atoms with Crippen LogP contribution in [0.1, 0.15) is 37.9 Å². The summed E-state index contributed by atoms with van der Waals surface area (Å²) in [5.41, 5.74) is 4.40. The van der Waals surface area contributed by atoms with Crippen molar-refractivity contribution in [3.8, 4) is 11.5 Å². The molecule has 0 radical (unpaired) electrons. The Morgan fingerprint density at radius 3 is 2.91 bits per heavy atom. The number of amides is 1. The van der Waals surface area contributed by atoms with E-state index < -0.39 is 5.82 Å². The van der Waals surface area contributed by atoms with Crippen molar-refractivity contribution >= 4 is 22.6 Å². The second-order valence-corrected chi connectivity index (χ2v) is 9.18. The third-order valence-electron chi connectivity index (χ3n) is 7.25. The van der Waals surface area contributed by atoms with Gasteiger partial charge in [-0.05, 0) is 44.2 Å². The molecule has 2 aromatic heterocycles. The van der Waals surface area contributed by atoms with E-state index in [0.717, 1.165) is 37.1 Å². The van der Waals surface area contributed by atoms with E-state index in [9.17, 15) is 4.79 Å². The number of aromatic amines is 2. The SMILES string of the molecule is CC[C@H]1CCc2[nH]nc(-c3nc4cc(N(C)C(=O)[C@H](C)N5CCOCC5)cc(F)c4[nH]3)c2C1. The fourth-order valence-corrected chi connectivity index (χ4v) is 5.00. The molecule has 0 unspecified atom stereocenters. The van der Waals surface area contributed by atoms with E-state index in [1.165, 1.54) is 16.5 Å². The Kier molecular flexibility index (Phi) is 5.92. The molecule has 1 amide bonds. The minimum atomic E-state index is -0.434. The summed E-state index contributed by atoms with van der Waals surface area (Å²) in [4.78, 5) is 24.5. The first kappa shape index (κ1) is 22.0. The molecule has 1 aliphatic heterocycles. The summed E-state index contributed by atoms with van der Waals surface area (Å²) in [7, 11) is 1.68. The lowest BCUT2D eigenvalue weighted by Crippen LogP contribution is -2.50. The molecule has 8 nitrogen and oxygen atoms in total. The van der Waals surface area contributed by atoms with Crippen molar-refractivity contribution in [1.82, 2.24) is 25.1 Å². The predicted octanol–water partition coefficient (Wildman–Crippen LogP) is 3.29. The normalized spacial score (nSPS) is 20.1. The van der Waals surface area contributed by atoms with Gasteiger partial charge in [-0.15, -0.1) is 0 Å². The number of ether oxygens (including phenoxy) is 1. The number of hydrogen-bond donors (Lipinski definition) is 2. The van der Waals surface area contributed by atoms with Gasteiger partial charge >= 0.3 is 0 Å². The number of imidazole rings is 1. The number of halogens is 1. The number of aromatic nitrogens is 4. The first-order chi connectivity index (χ1) is 16.0. The number of carbonyl (C=O) groups is 1. The smallest absolute Gasteiger partial charge is 0.243 e. The van der Waals surface area contributed by atoms with Crippen molar-refractivity contribution in [1.29, 1.82) is 0 Å². The van der Waals surface area contributed by atoms with Crippen LogP contribution < -0.4 is 4.90 Å². The summed E-state index contributed by atoms with van der Waals surface area (Å²) in [6, 6.07) is 2.84. The molecule has 5 rings (SSSR count). The van der Waals surface area contributed by atoms with Crippen LogP contribution >= 0.6 is 0 Å². The molecule has 3 aromatic rings. The Morgan fingerprint density at radius 2 is 2.15 bits per heavy atom. The van der Waals surface area contributed by atoms with Crippen molar-refractivity contribution in [2.45, 2.75) is 45.6 Å². The molecule has 3 heterocycles. The topological polar surface area (TPSA) is 90.1 Å². The van der Waals surface area contributed by atoms with Crippen molar-refractivity contribution in [3.05, 3.63) is 29.2 Å². The zero-order valence-corrected chi connectivity index (χ0v) is 19.4. The lowest BCUT2D eigenvalue weighted by molar-refractivity contribution is -0.124. The highest BCUT2D eigenvalue weighted by atomic mass is 19.1. The van der Waals surface area contributed by atoms with Crippen LogP contribution in [0.5, 0.6) is 0 Å². The number of benzene rings is 1. The maximum absolute atomic E-state index is 15.1. The number of carbonyl (C=O) groups excluding carboxylic acids is 1. The average molecular weight is 455 g/mol. The molecule has 0 spiro atoms. The zero-order chi connectivity index (χ0) is 23.1. The van der Waals surface area contributed by atoms with E-state index in [2.05, 4.69) is 32.0 Å². The number of likely N-dealkylation sites (N-methyl/N-ethyl adjacent to an activating group) is 1. The fourth-order valence-electron chi connectivity index (χ4n) is 5.00. The average Bonchev–Trinajstić information content (AvgIpc) is 3.47. The number of aryl methyl sites for hydroxylation is 1. The van der Waals surface area contributed by atoms with Crippen LogP contribution in [-0.4, -0.2) is 70.4 Å². The molecule has 2 atom stereocenters. The third kappa shape index (κ3) is 4.04. The van der Waals surface area contributed by atoms with E-state index in [1.807, 2.05) is 6.92 Å². The second kappa shape index (κ2) is 8.87. The Morgan fingerprint density at radius 1 is 1.36 bits per heavy atom. The van der Waals surface area contributed by atoms with Crippen molar-refractivity contribution in [2.75, 3.05) is 38.3 Å². The van der Waals surface area contributed by atoms with Gasteiger partial charge in [0.15, 0.2) is 11.6 Å². The number of rotatable bonds is 5. The molecule has 0 bridgehead atoms. The molecule has 1 aliphatic carbocycles. The largest absolute Gasteiger partial charge is 0.379 e. The number of nitrogens with one attached hydrogen (secondary N) is 2. The molecule has 0 saturated carbocycles. The molecular weight excluding hydrogens is 423 g/mol. The van der Waals surface area contributed by atoms with Gasteiger partial charge in [-0.25, -0.2) is 9.37 Å². The first-order valence-corrected chi connectivity index (χ1v) is 11.8. The van der Waals surface area contributed by atoms with Crippen LogP contribution in [0.15, 0.2) is 12.1 Å². The number of hydrogen-bond acceptors (Lipinski definition) is 5. The van der Waals surface area contributed by atoms with Crippen LogP contribution in [0.3, 0.4) is 0 Å². The van der Waals surface area contributed by atoms with Gasteiger partial charge in [0, 0.05) is 37.1 Å². The number of morpholine rings is 1. The third-order valence-corrected chi connectivity index (χ3v) is 7.25. The Labute approximate surface area is 192 Å². The summed E-state index contributed by atoms with van der Waals surface area (Å²) in [5.74, 6) is 0.676. The molecular formula is C24H31FN6O2. The maximum atomic E-state index is 15.1. The summed E-state index contributed by atoms with van der Waals surface area (Å²) in [6.07, 6.45) is 4.23. The molecule has 9 heteroatoms. The Bertz CT molecular complexity index is 1170. The molecule has 1 aromatic carbocycles. The highest BCUT2D eigenvalue weighted by molar-refractivity contribution is 5.98. The van der Waals surface area contributed by atoms with E-state index in [-0.39, 0.29) is 11.9 Å². The van der Waals surface area contributed by atoms with Gasteiger partial charge in [-0.2, -0.15) is 5.10 Å². The van der Waals surface area contributed by atoms with Gasteiger partial charge in [-0.3, -0.25) is 14.8 Å². The van der Waals surface area contributed by atoms with Crippen molar-refractivity contribution < 1.29 is 13.9 Å². The Hall–Kier alpha value is -2.78. The molecule has 1 fully saturated rings. The minimum Gasteiger partial charge on any atom is -0.379 e. The van der Waals surface area contributed by atoms with Gasteiger partial charge in [0.2, 0.25) is 5.91 Å². The molecule has 33 heavy (non-hydrogen) atoms. The van der Waals surface area contributed by atoms with Gasteiger partial charge in [0.1, 0.15) is 11.2 Å². The molecule has 2 aliphatic rings. The quantitative estimate of drug-likeness (QED) is 0.618.